The van der Waals surface area contributed by atoms with Crippen LogP contribution in [0.2, 0.25) is 0 Å². The number of ketones is 1. The maximum atomic E-state index is 14.4. The van der Waals surface area contributed by atoms with Crippen LogP contribution in [0.5, 0.6) is 0 Å². The molecule has 0 spiro atoms. The quantitative estimate of drug-likeness (QED) is 0.139. The first-order chi connectivity index (χ1) is 23.2. The zero-order valence-electron chi connectivity index (χ0n) is 31.5. The van der Waals surface area contributed by atoms with E-state index < -0.39 is 69.3 Å². The number of piperidine rings is 1. The van der Waals surface area contributed by atoms with Gasteiger partial charge in [0.25, 0.3) is 16.1 Å². The maximum absolute atomic E-state index is 14.4. The van der Waals surface area contributed by atoms with Crippen LogP contribution in [0.3, 0.4) is 0 Å². The second-order valence-electron chi connectivity index (χ2n) is 16.1. The lowest BCUT2D eigenvalue weighted by Gasteiger charge is -2.39. The number of hydrogen-bond acceptors (Lipinski definition) is 7. The largest absolute Gasteiger partial charge is 0.346 e. The minimum Gasteiger partial charge on any atom is -0.346 e. The summed E-state index contributed by atoms with van der Waals surface area (Å²) in [5.41, 5.74) is -0.967. The van der Waals surface area contributed by atoms with E-state index in [1.54, 1.807) is 0 Å². The van der Waals surface area contributed by atoms with Crippen molar-refractivity contribution in [3.05, 3.63) is 12.7 Å². The molecule has 0 aromatic rings. The standard InChI is InChI=1S/C35H61N7O7S/c1-11-16-24(28(43)31(45)36-19-12-2)37-30(44)27-26-23(35(26,6)7)20-42(27)32(46)29(34(3,4)5)39-33(47)38-25(22-17-14-13-15-18-22)21-41(10)50(48,49)40(8)9/h12,22-27,29H,2,11,13-21H2,1,3-10H3,(H,36,45)(H,37,44)(H2,38,39,47)/t23-,24?,25+,26-,27-,29+/m0/s1. The monoisotopic (exact) mass is 723 g/mol. The van der Waals surface area contributed by atoms with Crippen molar-refractivity contribution in [1.82, 2.24) is 34.8 Å². The number of carbonyl (C=O) groups is 5. The summed E-state index contributed by atoms with van der Waals surface area (Å²) in [5, 5.41) is 11.2. The number of likely N-dealkylation sites (N-methyl/N-ethyl adjacent to an activating group) is 1. The second kappa shape index (κ2) is 16.5. The van der Waals surface area contributed by atoms with Crippen molar-refractivity contribution < 1.29 is 32.4 Å². The number of nitrogens with zero attached hydrogens (tertiary/aromatic N) is 3. The van der Waals surface area contributed by atoms with Crippen LogP contribution in [0, 0.1) is 28.6 Å². The lowest BCUT2D eigenvalue weighted by molar-refractivity contribution is -0.145. The third kappa shape index (κ3) is 9.44. The van der Waals surface area contributed by atoms with E-state index in [1.807, 2.05) is 41.5 Å². The molecular weight excluding hydrogens is 662 g/mol. The van der Waals surface area contributed by atoms with Gasteiger partial charge in [-0.2, -0.15) is 17.0 Å². The minimum atomic E-state index is -3.72. The predicted octanol–water partition coefficient (Wildman–Crippen LogP) is 2.03. The van der Waals surface area contributed by atoms with Crippen molar-refractivity contribution in [2.45, 2.75) is 111 Å². The molecule has 2 saturated carbocycles. The fraction of sp³-hybridized carbons (Fsp3) is 0.800. The SMILES string of the molecule is C=CCNC(=O)C(=O)C(CCC)NC(=O)[C@@H]1[C@@H]2[C@H](CN1C(=O)[C@@H](NC(=O)N[C@H](CN(C)S(=O)(=O)N(C)C)C1CCCCC1)C(C)(C)C)C2(C)C. The van der Waals surface area contributed by atoms with Crippen molar-refractivity contribution >= 4 is 39.7 Å². The first-order valence-corrected chi connectivity index (χ1v) is 19.3. The topological polar surface area (TPSA) is 177 Å². The van der Waals surface area contributed by atoms with Gasteiger partial charge in [0.1, 0.15) is 12.1 Å². The van der Waals surface area contributed by atoms with E-state index in [9.17, 15) is 32.4 Å². The third-order valence-electron chi connectivity index (χ3n) is 10.8. The van der Waals surface area contributed by atoms with Gasteiger partial charge in [-0.05, 0) is 47.8 Å². The summed E-state index contributed by atoms with van der Waals surface area (Å²) in [4.78, 5) is 69.2. The summed E-state index contributed by atoms with van der Waals surface area (Å²) in [6.45, 7) is 15.5. The van der Waals surface area contributed by atoms with Gasteiger partial charge in [-0.25, -0.2) is 4.79 Å². The molecule has 3 aliphatic rings. The van der Waals surface area contributed by atoms with Crippen LogP contribution in [0.4, 0.5) is 4.79 Å². The summed E-state index contributed by atoms with van der Waals surface area (Å²) in [5.74, 6) is -2.52. The zero-order valence-corrected chi connectivity index (χ0v) is 32.3. The average Bonchev–Trinajstić information content (AvgIpc) is 3.35. The number of likely N-dealkylation sites (tertiary alicyclic amines) is 1. The van der Waals surface area contributed by atoms with E-state index in [0.717, 1.165) is 36.4 Å². The van der Waals surface area contributed by atoms with Gasteiger partial charge >= 0.3 is 6.03 Å². The van der Waals surface area contributed by atoms with Gasteiger partial charge in [-0.15, -0.1) is 6.58 Å². The van der Waals surface area contributed by atoms with Crippen molar-refractivity contribution in [1.29, 1.82) is 0 Å². The molecule has 3 rings (SSSR count). The molecule has 4 N–H and O–H groups in total. The number of nitrogens with one attached hydrogen (secondary N) is 4. The molecule has 284 valence electrons. The Morgan fingerprint density at radius 3 is 2.16 bits per heavy atom. The molecule has 15 heteroatoms. The molecule has 6 atom stereocenters. The van der Waals surface area contributed by atoms with E-state index >= 15 is 0 Å². The number of fused-ring (bicyclic) bond motifs is 1. The molecule has 1 unspecified atom stereocenters. The third-order valence-corrected chi connectivity index (χ3v) is 12.7. The molecule has 1 saturated heterocycles. The van der Waals surface area contributed by atoms with Crippen LogP contribution in [-0.4, -0.2) is 116 Å². The summed E-state index contributed by atoms with van der Waals surface area (Å²) >= 11 is 0. The molecule has 14 nitrogen and oxygen atoms in total. The number of hydrogen-bond donors (Lipinski definition) is 4. The number of urea groups is 1. The van der Waals surface area contributed by atoms with Gasteiger partial charge in [0.05, 0.1) is 6.04 Å². The van der Waals surface area contributed by atoms with Crippen molar-refractivity contribution in [3.63, 3.8) is 0 Å². The molecule has 3 fully saturated rings. The molecule has 5 amide bonds. The lowest BCUT2D eigenvalue weighted by Crippen LogP contribution is -2.62. The predicted molar refractivity (Wildman–Crippen MR) is 192 cm³/mol. The molecule has 2 aliphatic carbocycles. The first kappa shape index (κ1) is 41.4. The Hall–Kier alpha value is -3.04. The van der Waals surface area contributed by atoms with Gasteiger partial charge in [0, 0.05) is 46.8 Å². The molecule has 0 radical (unpaired) electrons. The molecular formula is C35H61N7O7S. The second-order valence-corrected chi connectivity index (χ2v) is 18.3. The molecule has 0 aromatic heterocycles. The Morgan fingerprint density at radius 2 is 1.62 bits per heavy atom. The molecule has 1 heterocycles. The highest BCUT2D eigenvalue weighted by Gasteiger charge is 2.70. The molecule has 0 bridgehead atoms. The Kier molecular flexibility index (Phi) is 13.7. The van der Waals surface area contributed by atoms with E-state index in [4.69, 9.17) is 0 Å². The van der Waals surface area contributed by atoms with Crippen LogP contribution in [0.25, 0.3) is 0 Å². The van der Waals surface area contributed by atoms with Crippen LogP contribution >= 0.6 is 0 Å². The number of rotatable bonds is 16. The highest BCUT2D eigenvalue weighted by Crippen LogP contribution is 2.65. The number of amides is 5. The highest BCUT2D eigenvalue weighted by atomic mass is 32.2. The Labute approximate surface area is 299 Å². The fourth-order valence-electron chi connectivity index (χ4n) is 7.69. The van der Waals surface area contributed by atoms with E-state index in [0.29, 0.717) is 13.0 Å². The van der Waals surface area contributed by atoms with Crippen molar-refractivity contribution in [2.24, 2.45) is 28.6 Å². The highest BCUT2D eigenvalue weighted by molar-refractivity contribution is 7.86. The van der Waals surface area contributed by atoms with E-state index in [1.165, 1.54) is 36.4 Å². The van der Waals surface area contributed by atoms with Crippen molar-refractivity contribution in [2.75, 3.05) is 40.8 Å². The van der Waals surface area contributed by atoms with Gasteiger partial charge in [-0.1, -0.05) is 73.3 Å². The van der Waals surface area contributed by atoms with Crippen LogP contribution in [0.1, 0.15) is 86.5 Å². The summed E-state index contributed by atoms with van der Waals surface area (Å²) in [6.07, 6.45) is 7.01. The van der Waals surface area contributed by atoms with Crippen LogP contribution < -0.4 is 21.3 Å². The first-order valence-electron chi connectivity index (χ1n) is 17.9. The van der Waals surface area contributed by atoms with Gasteiger partial charge in [-0.3, -0.25) is 19.2 Å². The maximum Gasteiger partial charge on any atom is 0.315 e. The Balaban J connectivity index is 1.84. The fourth-order valence-corrected chi connectivity index (χ4v) is 8.60. The Bertz CT molecular complexity index is 1390. The number of carbonyl (C=O) groups excluding carboxylic acids is 5. The Morgan fingerprint density at radius 1 is 1.00 bits per heavy atom. The molecule has 1 aliphatic heterocycles. The molecule has 0 aromatic carbocycles. The van der Waals surface area contributed by atoms with Crippen LogP contribution in [0.15, 0.2) is 12.7 Å². The van der Waals surface area contributed by atoms with Crippen molar-refractivity contribution in [3.8, 4) is 0 Å². The summed E-state index contributed by atoms with van der Waals surface area (Å²) < 4.78 is 28.1. The smallest absolute Gasteiger partial charge is 0.315 e. The van der Waals surface area contributed by atoms with Gasteiger partial charge < -0.3 is 26.2 Å². The minimum absolute atomic E-state index is 0.0535. The van der Waals surface area contributed by atoms with E-state index in [2.05, 4.69) is 27.8 Å². The lowest BCUT2D eigenvalue weighted by atomic mass is 9.83. The zero-order chi connectivity index (χ0) is 37.8. The van der Waals surface area contributed by atoms with Gasteiger partial charge in [0.15, 0.2) is 0 Å². The number of Topliss-reactive ketones (excluding diaryl/α,β-unsaturated/α-hetero) is 1. The summed E-state index contributed by atoms with van der Waals surface area (Å²) in [6, 6.07) is -4.04. The molecule has 50 heavy (non-hydrogen) atoms. The van der Waals surface area contributed by atoms with Crippen LogP contribution in [-0.2, 0) is 29.4 Å². The van der Waals surface area contributed by atoms with Gasteiger partial charge in [0.2, 0.25) is 17.6 Å². The average molecular weight is 724 g/mol. The van der Waals surface area contributed by atoms with E-state index in [-0.39, 0.29) is 42.7 Å². The normalized spacial score (nSPS) is 23.7. The summed E-state index contributed by atoms with van der Waals surface area (Å²) in [7, 11) is 0.688.